The molecule has 2 atom stereocenters. The predicted octanol–water partition coefficient (Wildman–Crippen LogP) is 0.853. The zero-order valence-electron chi connectivity index (χ0n) is 8.16. The zero-order valence-corrected chi connectivity index (χ0v) is 8.98. The molecule has 3 heteroatoms. The molecule has 1 aliphatic rings. The first-order valence-corrected chi connectivity index (χ1v) is 6.25. The van der Waals surface area contributed by atoms with Crippen molar-refractivity contribution in [3.63, 3.8) is 0 Å². The van der Waals surface area contributed by atoms with Crippen LogP contribution in [0, 0.1) is 12.3 Å². The van der Waals surface area contributed by atoms with Gasteiger partial charge in [-0.3, -0.25) is 9.11 Å². The summed E-state index contributed by atoms with van der Waals surface area (Å²) in [7, 11) is -0.580. The Bertz CT molecular complexity index is 221. The highest BCUT2D eigenvalue weighted by atomic mass is 32.2. The van der Waals surface area contributed by atoms with Crippen LogP contribution in [0.2, 0.25) is 0 Å². The molecule has 0 spiro atoms. The van der Waals surface area contributed by atoms with Crippen molar-refractivity contribution in [2.75, 3.05) is 24.6 Å². The summed E-state index contributed by atoms with van der Waals surface area (Å²) < 4.78 is 11.2. The second-order valence-corrected chi connectivity index (χ2v) is 5.12. The van der Waals surface area contributed by atoms with Gasteiger partial charge in [-0.25, -0.2) is 0 Å². The molecule has 1 fully saturated rings. The molecule has 0 N–H and O–H groups in total. The van der Waals surface area contributed by atoms with E-state index in [0.717, 1.165) is 37.4 Å². The third-order valence-electron chi connectivity index (χ3n) is 2.42. The summed E-state index contributed by atoms with van der Waals surface area (Å²) in [6.07, 6.45) is 7.10. The van der Waals surface area contributed by atoms with Gasteiger partial charge in [0, 0.05) is 41.3 Å². The Hall–Kier alpha value is -0.330. The molecule has 0 aliphatic carbocycles. The SMILES string of the molecule is C#CCCCN1CCS(=O)CC1C. The minimum atomic E-state index is -0.580. The predicted molar refractivity (Wildman–Crippen MR) is 57.0 cm³/mol. The minimum Gasteiger partial charge on any atom is -0.299 e. The molecule has 0 radical (unpaired) electrons. The number of nitrogens with zero attached hydrogens (tertiary/aromatic N) is 1. The molecular weight excluding hydrogens is 182 g/mol. The van der Waals surface area contributed by atoms with Gasteiger partial charge in [-0.2, -0.15) is 0 Å². The molecule has 0 aromatic rings. The third kappa shape index (κ3) is 3.50. The van der Waals surface area contributed by atoms with Crippen molar-refractivity contribution >= 4 is 10.8 Å². The van der Waals surface area contributed by atoms with Crippen LogP contribution in [-0.2, 0) is 10.8 Å². The van der Waals surface area contributed by atoms with Crippen molar-refractivity contribution in [2.45, 2.75) is 25.8 Å². The van der Waals surface area contributed by atoms with Crippen LogP contribution in [0.15, 0.2) is 0 Å². The Kier molecular flexibility index (Phi) is 4.47. The number of rotatable bonds is 3. The van der Waals surface area contributed by atoms with E-state index in [1.165, 1.54) is 0 Å². The zero-order chi connectivity index (χ0) is 9.68. The van der Waals surface area contributed by atoms with Gasteiger partial charge in [0.1, 0.15) is 0 Å². The van der Waals surface area contributed by atoms with Crippen molar-refractivity contribution in [1.82, 2.24) is 4.90 Å². The summed E-state index contributed by atoms with van der Waals surface area (Å²) in [5.41, 5.74) is 0. The normalized spacial score (nSPS) is 29.8. The van der Waals surface area contributed by atoms with Gasteiger partial charge in [-0.05, 0) is 19.9 Å². The first-order valence-electron chi connectivity index (χ1n) is 4.76. The average molecular weight is 199 g/mol. The van der Waals surface area contributed by atoms with E-state index in [-0.39, 0.29) is 0 Å². The number of hydrogen-bond acceptors (Lipinski definition) is 2. The molecule has 0 saturated carbocycles. The second-order valence-electron chi connectivity index (χ2n) is 3.50. The molecule has 0 aromatic heterocycles. The average Bonchev–Trinajstić information content (AvgIpc) is 2.09. The number of terminal acetylenes is 1. The van der Waals surface area contributed by atoms with Gasteiger partial charge < -0.3 is 0 Å². The Morgan fingerprint density at radius 3 is 3.08 bits per heavy atom. The fourth-order valence-electron chi connectivity index (χ4n) is 1.61. The van der Waals surface area contributed by atoms with Crippen LogP contribution in [0.25, 0.3) is 0 Å². The van der Waals surface area contributed by atoms with Crippen molar-refractivity contribution in [3.8, 4) is 12.3 Å². The van der Waals surface area contributed by atoms with Crippen LogP contribution < -0.4 is 0 Å². The summed E-state index contributed by atoms with van der Waals surface area (Å²) >= 11 is 0. The van der Waals surface area contributed by atoms with E-state index >= 15 is 0 Å². The highest BCUT2D eigenvalue weighted by molar-refractivity contribution is 7.85. The highest BCUT2D eigenvalue weighted by Crippen LogP contribution is 2.09. The summed E-state index contributed by atoms with van der Waals surface area (Å²) in [6, 6.07) is 0.465. The number of unbranched alkanes of at least 4 members (excludes halogenated alkanes) is 1. The molecule has 2 nitrogen and oxygen atoms in total. The maximum atomic E-state index is 11.2. The van der Waals surface area contributed by atoms with Gasteiger partial charge in [0.15, 0.2) is 0 Å². The third-order valence-corrected chi connectivity index (χ3v) is 3.92. The van der Waals surface area contributed by atoms with Gasteiger partial charge in [-0.15, -0.1) is 12.3 Å². The van der Waals surface area contributed by atoms with Crippen LogP contribution in [0.4, 0.5) is 0 Å². The molecule has 0 bridgehead atoms. The van der Waals surface area contributed by atoms with Gasteiger partial charge in [-0.1, -0.05) is 0 Å². The molecule has 74 valence electrons. The quantitative estimate of drug-likeness (QED) is 0.496. The first kappa shape index (κ1) is 10.7. The lowest BCUT2D eigenvalue weighted by Crippen LogP contribution is -2.45. The van der Waals surface area contributed by atoms with Crippen molar-refractivity contribution in [3.05, 3.63) is 0 Å². The van der Waals surface area contributed by atoms with E-state index in [1.807, 2.05) is 0 Å². The molecule has 0 amide bonds. The van der Waals surface area contributed by atoms with E-state index in [1.54, 1.807) is 0 Å². The topological polar surface area (TPSA) is 20.3 Å². The van der Waals surface area contributed by atoms with Crippen LogP contribution in [-0.4, -0.2) is 39.7 Å². The molecule has 2 unspecified atom stereocenters. The van der Waals surface area contributed by atoms with Crippen LogP contribution in [0.5, 0.6) is 0 Å². The summed E-state index contributed by atoms with van der Waals surface area (Å²) in [5, 5.41) is 0. The molecule has 1 aliphatic heterocycles. The van der Waals surface area contributed by atoms with Crippen molar-refractivity contribution in [2.24, 2.45) is 0 Å². The Balaban J connectivity index is 2.26. The largest absolute Gasteiger partial charge is 0.299 e. The molecule has 1 heterocycles. The maximum Gasteiger partial charge on any atom is 0.0388 e. The first-order chi connectivity index (χ1) is 6.24. The van der Waals surface area contributed by atoms with Gasteiger partial charge in [0.25, 0.3) is 0 Å². The van der Waals surface area contributed by atoms with E-state index < -0.39 is 10.8 Å². The Labute approximate surface area is 83.2 Å². The number of hydrogen-bond donors (Lipinski definition) is 0. The minimum absolute atomic E-state index is 0.465. The fraction of sp³-hybridized carbons (Fsp3) is 0.800. The lowest BCUT2D eigenvalue weighted by Gasteiger charge is -2.32. The summed E-state index contributed by atoms with van der Waals surface area (Å²) in [4.78, 5) is 2.39. The van der Waals surface area contributed by atoms with Gasteiger partial charge in [0.2, 0.25) is 0 Å². The lowest BCUT2D eigenvalue weighted by molar-refractivity contribution is 0.228. The van der Waals surface area contributed by atoms with E-state index in [4.69, 9.17) is 6.42 Å². The van der Waals surface area contributed by atoms with Gasteiger partial charge >= 0.3 is 0 Å². The Morgan fingerprint density at radius 1 is 1.69 bits per heavy atom. The molecule has 13 heavy (non-hydrogen) atoms. The second kappa shape index (κ2) is 5.41. The van der Waals surface area contributed by atoms with E-state index in [0.29, 0.717) is 6.04 Å². The lowest BCUT2D eigenvalue weighted by atomic mass is 10.2. The molecule has 1 rings (SSSR count). The Morgan fingerprint density at radius 2 is 2.46 bits per heavy atom. The van der Waals surface area contributed by atoms with Crippen LogP contribution >= 0.6 is 0 Å². The van der Waals surface area contributed by atoms with Gasteiger partial charge in [0.05, 0.1) is 0 Å². The van der Waals surface area contributed by atoms with Crippen LogP contribution in [0.1, 0.15) is 19.8 Å². The summed E-state index contributed by atoms with van der Waals surface area (Å²) in [6.45, 7) is 4.17. The monoisotopic (exact) mass is 199 g/mol. The summed E-state index contributed by atoms with van der Waals surface area (Å²) in [5.74, 6) is 4.31. The van der Waals surface area contributed by atoms with Crippen molar-refractivity contribution in [1.29, 1.82) is 0 Å². The maximum absolute atomic E-state index is 11.2. The molecular formula is C10H17NOS. The fourth-order valence-corrected chi connectivity index (χ4v) is 2.97. The highest BCUT2D eigenvalue weighted by Gasteiger charge is 2.21. The van der Waals surface area contributed by atoms with Crippen molar-refractivity contribution < 1.29 is 4.21 Å². The van der Waals surface area contributed by atoms with E-state index in [9.17, 15) is 4.21 Å². The molecule has 1 saturated heterocycles. The van der Waals surface area contributed by atoms with Crippen LogP contribution in [0.3, 0.4) is 0 Å². The van der Waals surface area contributed by atoms with E-state index in [2.05, 4.69) is 17.7 Å². The smallest absolute Gasteiger partial charge is 0.0388 e. The standard InChI is InChI=1S/C10H17NOS/c1-3-4-5-6-11-7-8-13(12)9-10(11)2/h1,10H,4-9H2,2H3. The molecule has 0 aromatic carbocycles.